The fourth-order valence-electron chi connectivity index (χ4n) is 2.17. The highest BCUT2D eigenvalue weighted by Crippen LogP contribution is 2.19. The molecule has 122 valence electrons. The van der Waals surface area contributed by atoms with Crippen molar-refractivity contribution in [1.82, 2.24) is 14.9 Å². The molecule has 0 radical (unpaired) electrons. The second kappa shape index (κ2) is 7.24. The second-order valence-corrected chi connectivity index (χ2v) is 6.63. The van der Waals surface area contributed by atoms with Crippen LogP contribution in [0.5, 0.6) is 0 Å². The standard InChI is InChI=1S/C15H22ClN3O3/c1-15(2,3)22-14(20)19-8-4-11(5-9-19)21-10-12-13(16)18-7-6-17-12/h6-7,11H,4-5,8-10H2,1-3H3. The topological polar surface area (TPSA) is 64.5 Å². The van der Waals surface area contributed by atoms with Crippen LogP contribution in [0.25, 0.3) is 0 Å². The Balaban J connectivity index is 1.76. The van der Waals surface area contributed by atoms with Crippen LogP contribution in [0.3, 0.4) is 0 Å². The van der Waals surface area contributed by atoms with Gasteiger partial charge in [0, 0.05) is 25.5 Å². The summed E-state index contributed by atoms with van der Waals surface area (Å²) in [4.78, 5) is 21.8. The second-order valence-electron chi connectivity index (χ2n) is 6.27. The highest BCUT2D eigenvalue weighted by atomic mass is 35.5. The molecule has 1 fully saturated rings. The molecule has 22 heavy (non-hydrogen) atoms. The lowest BCUT2D eigenvalue weighted by Crippen LogP contribution is -2.43. The Morgan fingerprint density at radius 3 is 2.55 bits per heavy atom. The van der Waals surface area contributed by atoms with Crippen molar-refractivity contribution in [2.24, 2.45) is 0 Å². The molecule has 1 amide bonds. The number of rotatable bonds is 3. The number of nitrogens with zero attached hydrogens (tertiary/aromatic N) is 3. The van der Waals surface area contributed by atoms with Gasteiger partial charge in [-0.1, -0.05) is 11.6 Å². The summed E-state index contributed by atoms with van der Waals surface area (Å²) < 4.78 is 11.2. The first-order chi connectivity index (χ1) is 10.3. The zero-order valence-electron chi connectivity index (χ0n) is 13.2. The van der Waals surface area contributed by atoms with Crippen molar-refractivity contribution in [3.05, 3.63) is 23.2 Å². The van der Waals surface area contributed by atoms with Crippen LogP contribution in [0, 0.1) is 0 Å². The Bertz CT molecular complexity index is 511. The number of hydrogen-bond donors (Lipinski definition) is 0. The van der Waals surface area contributed by atoms with Crippen molar-refractivity contribution in [3.63, 3.8) is 0 Å². The summed E-state index contributed by atoms with van der Waals surface area (Å²) in [6, 6.07) is 0. The van der Waals surface area contributed by atoms with Gasteiger partial charge in [0.15, 0.2) is 5.15 Å². The van der Waals surface area contributed by atoms with E-state index in [1.165, 1.54) is 0 Å². The van der Waals surface area contributed by atoms with Gasteiger partial charge in [0.1, 0.15) is 11.3 Å². The third kappa shape index (κ3) is 5.10. The Labute approximate surface area is 135 Å². The van der Waals surface area contributed by atoms with Crippen LogP contribution < -0.4 is 0 Å². The van der Waals surface area contributed by atoms with Gasteiger partial charge in [-0.2, -0.15) is 0 Å². The number of piperidine rings is 1. The molecule has 1 aliphatic rings. The number of halogens is 1. The molecule has 0 aliphatic carbocycles. The molecule has 1 aromatic rings. The largest absolute Gasteiger partial charge is 0.444 e. The number of hydrogen-bond acceptors (Lipinski definition) is 5. The summed E-state index contributed by atoms with van der Waals surface area (Å²) in [7, 11) is 0. The van der Waals surface area contributed by atoms with Gasteiger partial charge in [0.05, 0.1) is 12.7 Å². The average Bonchev–Trinajstić information content (AvgIpc) is 2.45. The fraction of sp³-hybridized carbons (Fsp3) is 0.667. The molecule has 0 bridgehead atoms. The first-order valence-electron chi connectivity index (χ1n) is 7.40. The quantitative estimate of drug-likeness (QED) is 0.853. The van der Waals surface area contributed by atoms with Crippen molar-refractivity contribution in [2.45, 2.75) is 51.9 Å². The third-order valence-electron chi connectivity index (χ3n) is 3.27. The van der Waals surface area contributed by atoms with Gasteiger partial charge < -0.3 is 14.4 Å². The fourth-order valence-corrected chi connectivity index (χ4v) is 2.33. The van der Waals surface area contributed by atoms with Crippen molar-refractivity contribution in [1.29, 1.82) is 0 Å². The van der Waals surface area contributed by atoms with Gasteiger partial charge in [-0.25, -0.2) is 9.78 Å². The van der Waals surface area contributed by atoms with E-state index in [0.717, 1.165) is 12.8 Å². The van der Waals surface area contributed by atoms with Crippen LogP contribution in [0.1, 0.15) is 39.3 Å². The Kier molecular flexibility index (Phi) is 5.58. The highest BCUT2D eigenvalue weighted by molar-refractivity contribution is 6.29. The molecule has 0 spiro atoms. The maximum Gasteiger partial charge on any atom is 0.410 e. The minimum atomic E-state index is -0.465. The molecular formula is C15H22ClN3O3. The van der Waals surface area contributed by atoms with E-state index in [1.807, 2.05) is 20.8 Å². The van der Waals surface area contributed by atoms with Crippen LogP contribution in [0.15, 0.2) is 12.4 Å². The molecule has 1 saturated heterocycles. The van der Waals surface area contributed by atoms with Gasteiger partial charge in [-0.15, -0.1) is 0 Å². The van der Waals surface area contributed by atoms with Gasteiger partial charge in [-0.05, 0) is 33.6 Å². The zero-order valence-corrected chi connectivity index (χ0v) is 14.0. The average molecular weight is 328 g/mol. The normalized spacial score (nSPS) is 16.6. The van der Waals surface area contributed by atoms with Crippen LogP contribution in [-0.4, -0.2) is 45.8 Å². The summed E-state index contributed by atoms with van der Waals surface area (Å²) in [6.45, 7) is 7.20. The van der Waals surface area contributed by atoms with Crippen LogP contribution in [0.2, 0.25) is 5.15 Å². The number of carbonyl (C=O) groups is 1. The molecule has 0 saturated carbocycles. The van der Waals surface area contributed by atoms with Crippen LogP contribution in [-0.2, 0) is 16.1 Å². The molecule has 0 aromatic carbocycles. The van der Waals surface area contributed by atoms with Gasteiger partial charge >= 0.3 is 6.09 Å². The summed E-state index contributed by atoms with van der Waals surface area (Å²) in [6.07, 6.45) is 4.52. The first kappa shape index (κ1) is 17.0. The summed E-state index contributed by atoms with van der Waals surface area (Å²) in [5.74, 6) is 0. The minimum Gasteiger partial charge on any atom is -0.444 e. The van der Waals surface area contributed by atoms with E-state index >= 15 is 0 Å². The Hall–Kier alpha value is -1.40. The Morgan fingerprint density at radius 1 is 1.32 bits per heavy atom. The van der Waals surface area contributed by atoms with E-state index in [1.54, 1.807) is 17.3 Å². The van der Waals surface area contributed by atoms with Gasteiger partial charge in [0.25, 0.3) is 0 Å². The molecule has 0 unspecified atom stereocenters. The SMILES string of the molecule is CC(C)(C)OC(=O)N1CCC(OCc2nccnc2Cl)CC1. The molecule has 6 nitrogen and oxygen atoms in total. The molecule has 2 heterocycles. The van der Waals surface area contributed by atoms with E-state index in [-0.39, 0.29) is 12.2 Å². The lowest BCUT2D eigenvalue weighted by Gasteiger charge is -2.33. The number of amides is 1. The van der Waals surface area contributed by atoms with E-state index in [2.05, 4.69) is 9.97 Å². The lowest BCUT2D eigenvalue weighted by atomic mass is 10.1. The molecule has 1 aliphatic heterocycles. The molecular weight excluding hydrogens is 306 g/mol. The summed E-state index contributed by atoms with van der Waals surface area (Å²) in [5, 5.41) is 0.369. The predicted molar refractivity (Wildman–Crippen MR) is 82.7 cm³/mol. The van der Waals surface area contributed by atoms with E-state index in [4.69, 9.17) is 21.1 Å². The van der Waals surface area contributed by atoms with Crippen molar-refractivity contribution in [2.75, 3.05) is 13.1 Å². The summed E-state index contributed by atoms with van der Waals surface area (Å²) >= 11 is 5.95. The monoisotopic (exact) mass is 327 g/mol. The first-order valence-corrected chi connectivity index (χ1v) is 7.78. The number of likely N-dealkylation sites (tertiary alicyclic amines) is 1. The maximum absolute atomic E-state index is 12.0. The molecule has 0 atom stereocenters. The van der Waals surface area contributed by atoms with Crippen molar-refractivity contribution < 1.29 is 14.3 Å². The minimum absolute atomic E-state index is 0.0942. The maximum atomic E-state index is 12.0. The predicted octanol–water partition coefficient (Wildman–Crippen LogP) is 3.05. The van der Waals surface area contributed by atoms with Gasteiger partial charge in [-0.3, -0.25) is 4.98 Å². The zero-order chi connectivity index (χ0) is 16.2. The third-order valence-corrected chi connectivity index (χ3v) is 3.59. The van der Waals surface area contributed by atoms with Crippen molar-refractivity contribution in [3.8, 4) is 0 Å². The van der Waals surface area contributed by atoms with Crippen LogP contribution >= 0.6 is 11.6 Å². The lowest BCUT2D eigenvalue weighted by molar-refractivity contribution is -0.0178. The van der Waals surface area contributed by atoms with Crippen LogP contribution in [0.4, 0.5) is 4.79 Å². The van der Waals surface area contributed by atoms with Gasteiger partial charge in [0.2, 0.25) is 0 Å². The van der Waals surface area contributed by atoms with E-state index in [0.29, 0.717) is 30.5 Å². The van der Waals surface area contributed by atoms with E-state index in [9.17, 15) is 4.79 Å². The van der Waals surface area contributed by atoms with E-state index < -0.39 is 5.60 Å². The summed E-state index contributed by atoms with van der Waals surface area (Å²) in [5.41, 5.74) is 0.173. The molecule has 7 heteroatoms. The number of ether oxygens (including phenoxy) is 2. The number of aromatic nitrogens is 2. The molecule has 2 rings (SSSR count). The van der Waals surface area contributed by atoms with Crippen molar-refractivity contribution >= 4 is 17.7 Å². The molecule has 1 aromatic heterocycles. The smallest absolute Gasteiger partial charge is 0.410 e. The Morgan fingerprint density at radius 2 is 1.95 bits per heavy atom. The highest BCUT2D eigenvalue weighted by Gasteiger charge is 2.27. The molecule has 0 N–H and O–H groups in total. The number of carbonyl (C=O) groups excluding carboxylic acids is 1.